The van der Waals surface area contributed by atoms with Crippen LogP contribution in [-0.4, -0.2) is 11.7 Å². The van der Waals surface area contributed by atoms with Gasteiger partial charge in [-0.15, -0.1) is 0 Å². The molecule has 0 aromatic heterocycles. The number of benzene rings is 2. The van der Waals surface area contributed by atoms with E-state index in [1.807, 2.05) is 68.1 Å². The van der Waals surface area contributed by atoms with Gasteiger partial charge in [0.15, 0.2) is 5.78 Å². The highest BCUT2D eigenvalue weighted by Crippen LogP contribution is 2.57. The number of ketones is 1. The molecular weight excluding hydrogens is 424 g/mol. The van der Waals surface area contributed by atoms with E-state index in [-0.39, 0.29) is 22.6 Å². The zero-order valence-corrected chi connectivity index (χ0v) is 20.0. The third-order valence-electron chi connectivity index (χ3n) is 7.25. The third kappa shape index (κ3) is 2.86. The van der Waals surface area contributed by atoms with E-state index < -0.39 is 11.3 Å². The molecule has 0 radical (unpaired) electrons. The molecule has 3 N–H and O–H groups in total. The van der Waals surface area contributed by atoms with Crippen molar-refractivity contribution in [3.8, 4) is 6.07 Å². The van der Waals surface area contributed by atoms with Crippen molar-refractivity contribution in [1.29, 1.82) is 5.26 Å². The van der Waals surface area contributed by atoms with E-state index in [0.717, 1.165) is 17.7 Å². The molecule has 1 amide bonds. The van der Waals surface area contributed by atoms with Crippen LogP contribution in [0.2, 0.25) is 0 Å². The summed E-state index contributed by atoms with van der Waals surface area (Å²) in [4.78, 5) is 29.4. The van der Waals surface area contributed by atoms with Gasteiger partial charge in [-0.25, -0.2) is 0 Å². The largest absolute Gasteiger partial charge is 0.384 e. The fourth-order valence-electron chi connectivity index (χ4n) is 5.71. The molecule has 0 unspecified atom stereocenters. The summed E-state index contributed by atoms with van der Waals surface area (Å²) in [5.74, 6) is -0.319. The Morgan fingerprint density at radius 1 is 1.12 bits per heavy atom. The van der Waals surface area contributed by atoms with Crippen LogP contribution in [0.3, 0.4) is 0 Å². The Morgan fingerprint density at radius 3 is 2.47 bits per heavy atom. The van der Waals surface area contributed by atoms with Gasteiger partial charge < -0.3 is 11.1 Å². The molecule has 6 heteroatoms. The van der Waals surface area contributed by atoms with Crippen LogP contribution in [0, 0.1) is 23.7 Å². The van der Waals surface area contributed by atoms with Crippen LogP contribution >= 0.6 is 0 Å². The molecule has 1 spiro atoms. The van der Waals surface area contributed by atoms with E-state index in [2.05, 4.69) is 18.3 Å². The summed E-state index contributed by atoms with van der Waals surface area (Å²) in [6.45, 7) is 8.11. The second-order valence-electron chi connectivity index (χ2n) is 10.2. The number of aryl methyl sites for hydroxylation is 2. The molecule has 0 saturated heterocycles. The molecular formula is C28H28N4O2. The average molecular weight is 453 g/mol. The number of rotatable bonds is 2. The second kappa shape index (κ2) is 7.33. The van der Waals surface area contributed by atoms with E-state index in [4.69, 9.17) is 5.73 Å². The van der Waals surface area contributed by atoms with Gasteiger partial charge in [-0.2, -0.15) is 5.26 Å². The molecule has 0 fully saturated rings. The zero-order chi connectivity index (χ0) is 24.4. The lowest BCUT2D eigenvalue weighted by Gasteiger charge is -2.46. The first-order valence-corrected chi connectivity index (χ1v) is 11.6. The van der Waals surface area contributed by atoms with Crippen LogP contribution in [0.15, 0.2) is 65.1 Å². The van der Waals surface area contributed by atoms with Gasteiger partial charge in [0.1, 0.15) is 17.3 Å². The minimum atomic E-state index is -1.54. The summed E-state index contributed by atoms with van der Waals surface area (Å²) in [6.07, 6.45) is 1.75. The van der Waals surface area contributed by atoms with Crippen LogP contribution in [0.5, 0.6) is 0 Å². The van der Waals surface area contributed by atoms with Crippen molar-refractivity contribution in [2.75, 3.05) is 10.2 Å². The zero-order valence-electron chi connectivity index (χ0n) is 20.0. The smallest absolute Gasteiger partial charge is 0.245 e. The van der Waals surface area contributed by atoms with Gasteiger partial charge in [0, 0.05) is 34.6 Å². The molecule has 1 aliphatic carbocycles. The number of carbonyl (C=O) groups excluding carboxylic acids is 2. The summed E-state index contributed by atoms with van der Waals surface area (Å²) < 4.78 is 0. The fraction of sp³-hybridized carbons (Fsp3) is 0.321. The number of amides is 1. The van der Waals surface area contributed by atoms with E-state index in [1.54, 1.807) is 0 Å². The van der Waals surface area contributed by atoms with E-state index in [0.29, 0.717) is 35.4 Å². The first-order valence-electron chi connectivity index (χ1n) is 11.6. The number of hydrogen-bond donors (Lipinski definition) is 2. The molecule has 6 nitrogen and oxygen atoms in total. The predicted octanol–water partition coefficient (Wildman–Crippen LogP) is 4.60. The van der Waals surface area contributed by atoms with Crippen molar-refractivity contribution < 1.29 is 9.59 Å². The Hall–Kier alpha value is -3.85. The van der Waals surface area contributed by atoms with Crippen LogP contribution in [0.25, 0.3) is 0 Å². The maximum Gasteiger partial charge on any atom is 0.245 e. The van der Waals surface area contributed by atoms with Gasteiger partial charge in [-0.1, -0.05) is 50.6 Å². The molecule has 3 aliphatic rings. The molecule has 2 aliphatic heterocycles. The van der Waals surface area contributed by atoms with Crippen molar-refractivity contribution in [3.63, 3.8) is 0 Å². The van der Waals surface area contributed by atoms with Crippen molar-refractivity contribution in [3.05, 3.63) is 81.8 Å². The summed E-state index contributed by atoms with van der Waals surface area (Å²) >= 11 is 0. The number of nitrogens with one attached hydrogen (secondary N) is 1. The predicted molar refractivity (Wildman–Crippen MR) is 132 cm³/mol. The van der Waals surface area contributed by atoms with Crippen LogP contribution in [0.4, 0.5) is 11.4 Å². The van der Waals surface area contributed by atoms with E-state index in [9.17, 15) is 14.9 Å². The lowest BCUT2D eigenvalue weighted by Crippen LogP contribution is -2.52. The number of nitrogens with zero attached hydrogens (tertiary/aromatic N) is 2. The van der Waals surface area contributed by atoms with Gasteiger partial charge >= 0.3 is 0 Å². The summed E-state index contributed by atoms with van der Waals surface area (Å²) in [5, 5.41) is 13.3. The number of nitriles is 1. The van der Waals surface area contributed by atoms with Crippen LogP contribution < -0.4 is 16.0 Å². The summed E-state index contributed by atoms with van der Waals surface area (Å²) in [6, 6.07) is 15.8. The Bertz CT molecular complexity index is 1360. The molecule has 0 saturated carbocycles. The topological polar surface area (TPSA) is 99.2 Å². The van der Waals surface area contributed by atoms with Gasteiger partial charge in [0.25, 0.3) is 0 Å². The Morgan fingerprint density at radius 2 is 1.82 bits per heavy atom. The lowest BCUT2D eigenvalue weighted by atomic mass is 9.60. The van der Waals surface area contributed by atoms with Crippen LogP contribution in [0.1, 0.15) is 50.3 Å². The molecule has 2 aromatic rings. The second-order valence-corrected chi connectivity index (χ2v) is 10.2. The number of nitrogens with two attached hydrogens (primary N) is 1. The van der Waals surface area contributed by atoms with Crippen molar-refractivity contribution in [2.45, 2.75) is 52.4 Å². The number of hydrogen-bond acceptors (Lipinski definition) is 5. The van der Waals surface area contributed by atoms with Gasteiger partial charge in [0.05, 0.1) is 5.57 Å². The minimum absolute atomic E-state index is 0.0979. The maximum absolute atomic E-state index is 13.9. The Kier molecular flexibility index (Phi) is 4.73. The number of carbonyl (C=O) groups is 2. The lowest BCUT2D eigenvalue weighted by molar-refractivity contribution is -0.123. The Balaban J connectivity index is 1.87. The first kappa shape index (κ1) is 22.0. The van der Waals surface area contributed by atoms with Crippen LogP contribution in [-0.2, 0) is 21.4 Å². The quantitative estimate of drug-likeness (QED) is 0.694. The number of allylic oxidation sites excluding steroid dienone is 1. The highest BCUT2D eigenvalue weighted by Gasteiger charge is 2.61. The number of anilines is 2. The molecule has 2 heterocycles. The SMILES string of the molecule is CCc1ccc(N2C(N)=C(C#N)[C@]3(C(=O)Nc4ccc(C)cc43)C3=C2CC(C)(C)CC3=O)cc1. The summed E-state index contributed by atoms with van der Waals surface area (Å²) in [5.41, 5.74) is 10.2. The van der Waals surface area contributed by atoms with Crippen molar-refractivity contribution in [1.82, 2.24) is 0 Å². The Labute approximate surface area is 199 Å². The highest BCUT2D eigenvalue weighted by atomic mass is 16.2. The van der Waals surface area contributed by atoms with Crippen molar-refractivity contribution in [2.24, 2.45) is 11.1 Å². The molecule has 34 heavy (non-hydrogen) atoms. The van der Waals surface area contributed by atoms with E-state index >= 15 is 0 Å². The fourth-order valence-corrected chi connectivity index (χ4v) is 5.71. The molecule has 5 rings (SSSR count). The van der Waals surface area contributed by atoms with Crippen molar-refractivity contribution >= 4 is 23.1 Å². The third-order valence-corrected chi connectivity index (χ3v) is 7.25. The minimum Gasteiger partial charge on any atom is -0.384 e. The standard InChI is InChI=1S/C28H28N4O2/c1-5-17-7-9-18(10-8-17)32-22-13-27(3,4)14-23(33)24(22)28(20(15-29)25(32)30)19-12-16(2)6-11-21(19)31-26(28)34/h6-12H,5,13-14,30H2,1-4H3,(H,31,34)/t28-/m0/s1. The molecule has 2 aromatic carbocycles. The van der Waals surface area contributed by atoms with Gasteiger partial charge in [-0.05, 0) is 48.9 Å². The molecule has 0 bridgehead atoms. The van der Waals surface area contributed by atoms with E-state index in [1.165, 1.54) is 5.56 Å². The monoisotopic (exact) mass is 452 g/mol. The highest BCUT2D eigenvalue weighted by molar-refractivity contribution is 6.20. The first-order chi connectivity index (χ1) is 16.1. The maximum atomic E-state index is 13.9. The summed E-state index contributed by atoms with van der Waals surface area (Å²) in [7, 11) is 0. The normalized spacial score (nSPS) is 23.1. The molecule has 1 atom stereocenters. The average Bonchev–Trinajstić information content (AvgIpc) is 3.05. The van der Waals surface area contributed by atoms with Gasteiger partial charge in [0.2, 0.25) is 5.91 Å². The number of Topliss-reactive ketones (excluding diaryl/α,β-unsaturated/α-hetero) is 1. The van der Waals surface area contributed by atoms with Gasteiger partial charge in [-0.3, -0.25) is 14.5 Å². The molecule has 172 valence electrons. The number of fused-ring (bicyclic) bond motifs is 3.